The van der Waals surface area contributed by atoms with Crippen LogP contribution < -0.4 is 0 Å². The van der Waals surface area contributed by atoms with Crippen LogP contribution in [-0.4, -0.2) is 30.1 Å². The third kappa shape index (κ3) is 16.8. The summed E-state index contributed by atoms with van der Waals surface area (Å²) < 4.78 is 16.3. The summed E-state index contributed by atoms with van der Waals surface area (Å²) >= 11 is 0. The summed E-state index contributed by atoms with van der Waals surface area (Å²) in [5.74, 6) is 0. The van der Waals surface area contributed by atoms with Gasteiger partial charge >= 0.3 is 8.80 Å². The molecule has 0 saturated heterocycles. The van der Waals surface area contributed by atoms with Crippen molar-refractivity contribution in [3.05, 3.63) is 18.6 Å². The first-order chi connectivity index (χ1) is 13.7. The summed E-state index contributed by atoms with van der Waals surface area (Å²) in [7, 11) is 2.71. The first-order valence-corrected chi connectivity index (χ1v) is 13.8. The molecule has 0 saturated carbocycles. The van der Waals surface area contributed by atoms with E-state index in [1.165, 1.54) is 89.9 Å². The summed E-state index contributed by atoms with van der Waals surface area (Å²) in [6, 6.07) is 0.902. The summed E-state index contributed by atoms with van der Waals surface area (Å²) in [6.07, 6.45) is 28.5. The zero-order valence-electron chi connectivity index (χ0n) is 19.5. The van der Waals surface area contributed by atoms with Crippen molar-refractivity contribution >= 4 is 8.80 Å². The Morgan fingerprint density at radius 1 is 0.536 bits per heavy atom. The Kier molecular flexibility index (Phi) is 21.4. The lowest BCUT2D eigenvalue weighted by Crippen LogP contribution is -2.42. The van der Waals surface area contributed by atoms with Crippen molar-refractivity contribution in [2.45, 2.75) is 116 Å². The van der Waals surface area contributed by atoms with Crippen molar-refractivity contribution < 1.29 is 13.3 Å². The van der Waals surface area contributed by atoms with Crippen LogP contribution in [-0.2, 0) is 13.3 Å². The van der Waals surface area contributed by atoms with Crippen molar-refractivity contribution in [3.8, 4) is 0 Å². The second kappa shape index (κ2) is 21.5. The van der Waals surface area contributed by atoms with Gasteiger partial charge in [0.05, 0.1) is 0 Å². The monoisotopic (exact) mass is 413 g/mol. The van der Waals surface area contributed by atoms with Crippen molar-refractivity contribution in [2.24, 2.45) is 0 Å². The Balaban J connectivity index is 3.26. The normalized spacial score (nSPS) is 12.3. The molecule has 0 N–H and O–H groups in total. The zero-order valence-corrected chi connectivity index (χ0v) is 20.5. The second-order valence-electron chi connectivity index (χ2n) is 7.85. The average molecular weight is 414 g/mol. The van der Waals surface area contributed by atoms with E-state index in [-0.39, 0.29) is 0 Å². The van der Waals surface area contributed by atoms with Crippen LogP contribution in [0, 0.1) is 6.42 Å². The summed E-state index contributed by atoms with van der Waals surface area (Å²) in [5.41, 5.74) is 0. The quantitative estimate of drug-likeness (QED) is 0.103. The predicted molar refractivity (Wildman–Crippen MR) is 125 cm³/mol. The molecule has 0 spiro atoms. The van der Waals surface area contributed by atoms with Gasteiger partial charge in [-0.05, 0) is 38.5 Å². The van der Waals surface area contributed by atoms with Crippen molar-refractivity contribution in [2.75, 3.05) is 21.3 Å². The van der Waals surface area contributed by atoms with E-state index in [2.05, 4.69) is 25.5 Å². The van der Waals surface area contributed by atoms with Crippen LogP contribution in [0.1, 0.15) is 110 Å². The first kappa shape index (κ1) is 27.8. The molecule has 0 bridgehead atoms. The van der Waals surface area contributed by atoms with Crippen LogP contribution in [0.5, 0.6) is 0 Å². The van der Waals surface area contributed by atoms with Gasteiger partial charge in [-0.15, -0.1) is 0 Å². The molecule has 28 heavy (non-hydrogen) atoms. The highest BCUT2D eigenvalue weighted by molar-refractivity contribution is 6.60. The number of unbranched alkanes of at least 4 members (excludes halogenated alkanes) is 15. The highest BCUT2D eigenvalue weighted by atomic mass is 28.4. The van der Waals surface area contributed by atoms with Crippen molar-refractivity contribution in [1.29, 1.82) is 0 Å². The fraction of sp³-hybridized carbons (Fsp3) is 0.875. The molecule has 0 fully saturated rings. The standard InChI is InChI=1S/C24H49O3Si/c1-5-6-7-8-9-10-11-12-13-14-15-16-17-18-19-20-21-22-23-24-28(25-2,26-3)27-4/h12-13,21H,5-11,14-20,22-24H2,1-4H3/b13-12-. The van der Waals surface area contributed by atoms with Gasteiger partial charge in [-0.2, -0.15) is 0 Å². The maximum absolute atomic E-state index is 5.45. The fourth-order valence-electron chi connectivity index (χ4n) is 3.52. The molecule has 0 aliphatic rings. The number of rotatable bonds is 22. The van der Waals surface area contributed by atoms with Gasteiger partial charge in [-0.25, -0.2) is 0 Å². The van der Waals surface area contributed by atoms with E-state index < -0.39 is 8.80 Å². The number of hydrogen-bond donors (Lipinski definition) is 0. The third-order valence-corrected chi connectivity index (χ3v) is 8.33. The molecule has 0 rings (SSSR count). The third-order valence-electron chi connectivity index (χ3n) is 5.49. The van der Waals surface area contributed by atoms with Gasteiger partial charge in [0.2, 0.25) is 0 Å². The maximum atomic E-state index is 5.45. The van der Waals surface area contributed by atoms with E-state index in [0.29, 0.717) is 0 Å². The Hall–Kier alpha value is -0.163. The Labute approximate surface area is 178 Å². The molecule has 167 valence electrons. The van der Waals surface area contributed by atoms with Gasteiger partial charge < -0.3 is 13.3 Å². The second-order valence-corrected chi connectivity index (χ2v) is 10.9. The van der Waals surface area contributed by atoms with Gasteiger partial charge in [0.1, 0.15) is 0 Å². The summed E-state index contributed by atoms with van der Waals surface area (Å²) in [4.78, 5) is 0. The smallest absolute Gasteiger partial charge is 0.377 e. The van der Waals surface area contributed by atoms with Gasteiger partial charge in [-0.1, -0.05) is 89.7 Å². The molecule has 4 heteroatoms. The molecule has 0 aliphatic carbocycles. The van der Waals surface area contributed by atoms with Crippen LogP contribution >= 0.6 is 0 Å². The van der Waals surface area contributed by atoms with E-state index in [0.717, 1.165) is 18.9 Å². The highest BCUT2D eigenvalue weighted by Crippen LogP contribution is 2.18. The van der Waals surface area contributed by atoms with Crippen LogP contribution in [0.2, 0.25) is 6.04 Å². The van der Waals surface area contributed by atoms with Gasteiger partial charge in [-0.3, -0.25) is 0 Å². The molecule has 0 atom stereocenters. The lowest BCUT2D eigenvalue weighted by atomic mass is 10.1. The van der Waals surface area contributed by atoms with Crippen LogP contribution in [0.3, 0.4) is 0 Å². The minimum absolute atomic E-state index is 0.902. The molecule has 0 heterocycles. The van der Waals surface area contributed by atoms with E-state index in [1.807, 2.05) is 0 Å². The van der Waals surface area contributed by atoms with Crippen molar-refractivity contribution in [1.82, 2.24) is 0 Å². The van der Waals surface area contributed by atoms with Gasteiger partial charge in [0.25, 0.3) is 0 Å². The summed E-state index contributed by atoms with van der Waals surface area (Å²) in [5, 5.41) is 0. The lowest BCUT2D eigenvalue weighted by Gasteiger charge is -2.24. The first-order valence-electron chi connectivity index (χ1n) is 11.9. The fourth-order valence-corrected chi connectivity index (χ4v) is 5.27. The SMILES string of the molecule is CCCCCCCC/C=C\CCCCCCC[CH]CCC[Si](OC)(OC)OC. The molecule has 0 aromatic carbocycles. The molecular formula is C24H49O3Si. The Bertz CT molecular complexity index is 322. The maximum Gasteiger partial charge on any atom is 0.500 e. The van der Waals surface area contributed by atoms with Gasteiger partial charge in [0, 0.05) is 27.4 Å². The molecule has 3 nitrogen and oxygen atoms in total. The minimum Gasteiger partial charge on any atom is -0.377 e. The van der Waals surface area contributed by atoms with E-state index in [9.17, 15) is 0 Å². The average Bonchev–Trinajstić information content (AvgIpc) is 2.73. The molecule has 1 radical (unpaired) electrons. The van der Waals surface area contributed by atoms with Crippen LogP contribution in [0.4, 0.5) is 0 Å². The predicted octanol–water partition coefficient (Wildman–Crippen LogP) is 7.89. The largest absolute Gasteiger partial charge is 0.500 e. The van der Waals surface area contributed by atoms with E-state index >= 15 is 0 Å². The molecule has 0 amide bonds. The minimum atomic E-state index is -2.36. The zero-order chi connectivity index (χ0) is 20.8. The summed E-state index contributed by atoms with van der Waals surface area (Å²) in [6.45, 7) is 2.28. The Morgan fingerprint density at radius 2 is 0.964 bits per heavy atom. The molecule has 0 unspecified atom stereocenters. The van der Waals surface area contributed by atoms with Gasteiger partial charge in [0.15, 0.2) is 0 Å². The molecule has 0 aromatic rings. The van der Waals surface area contributed by atoms with Crippen LogP contribution in [0.25, 0.3) is 0 Å². The molecule has 0 aliphatic heterocycles. The lowest BCUT2D eigenvalue weighted by molar-refractivity contribution is 0.123. The number of hydrogen-bond acceptors (Lipinski definition) is 3. The van der Waals surface area contributed by atoms with E-state index in [4.69, 9.17) is 13.3 Å². The Morgan fingerprint density at radius 3 is 1.46 bits per heavy atom. The highest BCUT2D eigenvalue weighted by Gasteiger charge is 2.36. The van der Waals surface area contributed by atoms with Crippen molar-refractivity contribution in [3.63, 3.8) is 0 Å². The van der Waals surface area contributed by atoms with E-state index in [1.54, 1.807) is 21.3 Å². The number of allylic oxidation sites excluding steroid dienone is 2. The topological polar surface area (TPSA) is 27.7 Å². The molecule has 0 aromatic heterocycles. The van der Waals surface area contributed by atoms with Crippen LogP contribution in [0.15, 0.2) is 12.2 Å². The molecular weight excluding hydrogens is 364 g/mol.